The number of carbonyl (C=O) groups is 2. The van der Waals surface area contributed by atoms with Crippen molar-refractivity contribution in [2.45, 2.75) is 38.1 Å². The molecule has 0 bridgehead atoms. The van der Waals surface area contributed by atoms with Gasteiger partial charge >= 0.3 is 6.03 Å². The highest BCUT2D eigenvalue weighted by Gasteiger charge is 2.19. The van der Waals surface area contributed by atoms with Crippen molar-refractivity contribution in [3.05, 3.63) is 59.1 Å². The molecule has 1 saturated carbocycles. The molecule has 2 aromatic rings. The monoisotopic (exact) mass is 371 g/mol. The van der Waals surface area contributed by atoms with Crippen molar-refractivity contribution in [2.24, 2.45) is 0 Å². The molecule has 6 heteroatoms. The molecule has 0 atom stereocenters. The van der Waals surface area contributed by atoms with E-state index in [0.717, 1.165) is 25.7 Å². The molecular formula is C20H22ClN3O2. The number of nitrogens with one attached hydrogen (secondary N) is 3. The summed E-state index contributed by atoms with van der Waals surface area (Å²) < 4.78 is 0. The molecule has 0 unspecified atom stereocenters. The molecule has 26 heavy (non-hydrogen) atoms. The number of rotatable bonds is 4. The maximum atomic E-state index is 12.5. The fraction of sp³-hybridized carbons (Fsp3) is 0.300. The summed E-state index contributed by atoms with van der Waals surface area (Å²) in [5.41, 5.74) is 1.57. The van der Waals surface area contributed by atoms with Crippen LogP contribution in [-0.4, -0.2) is 18.0 Å². The maximum Gasteiger partial charge on any atom is 0.323 e. The maximum absolute atomic E-state index is 12.5. The van der Waals surface area contributed by atoms with Gasteiger partial charge in [0, 0.05) is 17.4 Å². The van der Waals surface area contributed by atoms with Gasteiger partial charge in [-0.3, -0.25) is 4.79 Å². The van der Waals surface area contributed by atoms with Crippen LogP contribution in [0.3, 0.4) is 0 Å². The zero-order valence-corrected chi connectivity index (χ0v) is 15.2. The van der Waals surface area contributed by atoms with Crippen molar-refractivity contribution in [1.29, 1.82) is 0 Å². The lowest BCUT2D eigenvalue weighted by molar-refractivity contribution is 0.0928. The predicted molar refractivity (Wildman–Crippen MR) is 105 cm³/mol. The Morgan fingerprint density at radius 2 is 1.58 bits per heavy atom. The summed E-state index contributed by atoms with van der Waals surface area (Å²) in [4.78, 5) is 24.6. The molecule has 0 aromatic heterocycles. The number of amides is 3. The minimum absolute atomic E-state index is 0.199. The van der Waals surface area contributed by atoms with E-state index in [-0.39, 0.29) is 18.0 Å². The molecule has 5 nitrogen and oxygen atoms in total. The Hall–Kier alpha value is -2.53. The number of anilines is 2. The van der Waals surface area contributed by atoms with Gasteiger partial charge in [-0.25, -0.2) is 4.79 Å². The Balaban J connectivity index is 1.64. The molecule has 2 aromatic carbocycles. The second kappa shape index (κ2) is 8.72. The first kappa shape index (κ1) is 18.3. The molecule has 0 heterocycles. The van der Waals surface area contributed by atoms with E-state index in [2.05, 4.69) is 16.0 Å². The van der Waals surface area contributed by atoms with Crippen LogP contribution < -0.4 is 16.0 Å². The number of benzene rings is 2. The number of urea groups is 1. The van der Waals surface area contributed by atoms with E-state index >= 15 is 0 Å². The zero-order chi connectivity index (χ0) is 18.4. The van der Waals surface area contributed by atoms with Gasteiger partial charge in [0.2, 0.25) is 0 Å². The average Bonchev–Trinajstić information content (AvgIpc) is 2.65. The summed E-state index contributed by atoms with van der Waals surface area (Å²) in [6, 6.07) is 13.9. The Bertz CT molecular complexity index is 774. The summed E-state index contributed by atoms with van der Waals surface area (Å²) in [6.07, 6.45) is 5.50. The van der Waals surface area contributed by atoms with Crippen molar-refractivity contribution in [2.75, 3.05) is 10.6 Å². The summed E-state index contributed by atoms with van der Waals surface area (Å²) >= 11 is 6.19. The number of carbonyl (C=O) groups excluding carboxylic acids is 2. The van der Waals surface area contributed by atoms with E-state index < -0.39 is 0 Å². The van der Waals surface area contributed by atoms with Crippen LogP contribution in [0.15, 0.2) is 48.5 Å². The third kappa shape index (κ3) is 4.99. The van der Waals surface area contributed by atoms with Gasteiger partial charge in [-0.15, -0.1) is 0 Å². The van der Waals surface area contributed by atoms with E-state index in [1.807, 2.05) is 18.2 Å². The normalized spacial score (nSPS) is 14.5. The largest absolute Gasteiger partial charge is 0.349 e. The first-order chi connectivity index (χ1) is 12.6. The predicted octanol–water partition coefficient (Wildman–Crippen LogP) is 5.05. The minimum atomic E-state index is -0.378. The molecule has 0 aliphatic heterocycles. The van der Waals surface area contributed by atoms with E-state index in [4.69, 9.17) is 11.6 Å². The Morgan fingerprint density at radius 3 is 2.31 bits per heavy atom. The highest BCUT2D eigenvalue weighted by atomic mass is 35.5. The van der Waals surface area contributed by atoms with Crippen molar-refractivity contribution < 1.29 is 9.59 Å². The fourth-order valence-corrected chi connectivity index (χ4v) is 3.31. The van der Waals surface area contributed by atoms with E-state index in [0.29, 0.717) is 22.0 Å². The van der Waals surface area contributed by atoms with Crippen LogP contribution in [0.25, 0.3) is 0 Å². The first-order valence-corrected chi connectivity index (χ1v) is 9.23. The van der Waals surface area contributed by atoms with Crippen molar-refractivity contribution >= 4 is 34.9 Å². The van der Waals surface area contributed by atoms with Gasteiger partial charge in [0.15, 0.2) is 0 Å². The Labute approximate surface area is 158 Å². The molecule has 3 amide bonds. The third-order valence-electron chi connectivity index (χ3n) is 4.44. The lowest BCUT2D eigenvalue weighted by atomic mass is 9.95. The first-order valence-electron chi connectivity index (χ1n) is 8.85. The average molecular weight is 372 g/mol. The Morgan fingerprint density at radius 1 is 0.885 bits per heavy atom. The van der Waals surface area contributed by atoms with Crippen LogP contribution in [-0.2, 0) is 0 Å². The summed E-state index contributed by atoms with van der Waals surface area (Å²) in [5.74, 6) is -0.200. The van der Waals surface area contributed by atoms with Crippen LogP contribution in [0.4, 0.5) is 16.2 Å². The quantitative estimate of drug-likeness (QED) is 0.704. The highest BCUT2D eigenvalue weighted by Crippen LogP contribution is 2.23. The summed E-state index contributed by atoms with van der Waals surface area (Å²) in [6.45, 7) is 0. The molecule has 1 fully saturated rings. The van der Waals surface area contributed by atoms with Crippen LogP contribution in [0.2, 0.25) is 5.02 Å². The van der Waals surface area contributed by atoms with Crippen LogP contribution >= 0.6 is 11.6 Å². The number of hydrogen-bond acceptors (Lipinski definition) is 2. The standard InChI is InChI=1S/C20H22ClN3O2/c21-18-12-11-16(24-20(26)23-15-9-5-2-6-10-15)13-17(18)19(25)22-14-7-3-1-4-8-14/h2,5-6,9-14H,1,3-4,7-8H2,(H,22,25)(H2,23,24,26). The third-order valence-corrected chi connectivity index (χ3v) is 4.77. The van der Waals surface area contributed by atoms with Gasteiger partial charge in [-0.2, -0.15) is 0 Å². The van der Waals surface area contributed by atoms with Crippen molar-refractivity contribution in [3.8, 4) is 0 Å². The molecule has 3 N–H and O–H groups in total. The fourth-order valence-electron chi connectivity index (χ4n) is 3.10. The lowest BCUT2D eigenvalue weighted by Crippen LogP contribution is -2.36. The van der Waals surface area contributed by atoms with Crippen LogP contribution in [0.5, 0.6) is 0 Å². The highest BCUT2D eigenvalue weighted by molar-refractivity contribution is 6.34. The molecule has 1 aliphatic rings. The smallest absolute Gasteiger partial charge is 0.323 e. The second-order valence-corrected chi connectivity index (χ2v) is 6.86. The van der Waals surface area contributed by atoms with E-state index in [9.17, 15) is 9.59 Å². The van der Waals surface area contributed by atoms with Gasteiger partial charge < -0.3 is 16.0 Å². The summed E-state index contributed by atoms with van der Waals surface area (Å²) in [7, 11) is 0. The minimum Gasteiger partial charge on any atom is -0.349 e. The van der Waals surface area contributed by atoms with Crippen LogP contribution in [0.1, 0.15) is 42.5 Å². The molecular weight excluding hydrogens is 350 g/mol. The molecule has 0 spiro atoms. The second-order valence-electron chi connectivity index (χ2n) is 6.45. The van der Waals surface area contributed by atoms with Gasteiger partial charge in [0.1, 0.15) is 0 Å². The number of para-hydroxylation sites is 1. The van der Waals surface area contributed by atoms with Gasteiger partial charge in [-0.1, -0.05) is 49.1 Å². The van der Waals surface area contributed by atoms with E-state index in [1.165, 1.54) is 6.42 Å². The van der Waals surface area contributed by atoms with Gasteiger partial charge in [-0.05, 0) is 43.2 Å². The molecule has 0 radical (unpaired) electrons. The van der Waals surface area contributed by atoms with Crippen molar-refractivity contribution in [3.63, 3.8) is 0 Å². The molecule has 0 saturated heterocycles. The summed E-state index contributed by atoms with van der Waals surface area (Å²) in [5, 5.41) is 8.88. The van der Waals surface area contributed by atoms with Crippen molar-refractivity contribution in [1.82, 2.24) is 5.32 Å². The van der Waals surface area contributed by atoms with E-state index in [1.54, 1.807) is 30.3 Å². The molecule has 3 rings (SSSR count). The van der Waals surface area contributed by atoms with Gasteiger partial charge in [0.25, 0.3) is 5.91 Å². The number of halogens is 1. The number of hydrogen-bond donors (Lipinski definition) is 3. The van der Waals surface area contributed by atoms with Gasteiger partial charge in [0.05, 0.1) is 10.6 Å². The molecule has 136 valence electrons. The lowest BCUT2D eigenvalue weighted by Gasteiger charge is -2.23. The van der Waals surface area contributed by atoms with Crippen LogP contribution in [0, 0.1) is 0 Å². The molecule has 1 aliphatic carbocycles. The topological polar surface area (TPSA) is 70.2 Å². The Kier molecular flexibility index (Phi) is 6.12. The zero-order valence-electron chi connectivity index (χ0n) is 14.4. The SMILES string of the molecule is O=C(Nc1ccccc1)Nc1ccc(Cl)c(C(=O)NC2CCCCC2)c1.